The molecule has 0 aliphatic rings. The van der Waals surface area contributed by atoms with Crippen molar-refractivity contribution in [3.05, 3.63) is 56.7 Å². The lowest BCUT2D eigenvalue weighted by molar-refractivity contribution is 0.682. The fourth-order valence-corrected chi connectivity index (χ4v) is 2.27. The normalized spacial score (nSPS) is 11.6. The Kier molecular flexibility index (Phi) is 4.86. The number of nitrogens with zero attached hydrogens (tertiary/aromatic N) is 3. The van der Waals surface area contributed by atoms with Crippen LogP contribution < -0.4 is 21.9 Å². The summed E-state index contributed by atoms with van der Waals surface area (Å²) in [6.45, 7) is 2.41. The summed E-state index contributed by atoms with van der Waals surface area (Å²) in [7, 11) is 2.88. The fraction of sp³-hybridized carbons (Fsp3) is 0.312. The van der Waals surface area contributed by atoms with Crippen LogP contribution in [-0.2, 0) is 14.1 Å². The first-order valence-electron chi connectivity index (χ1n) is 7.21. The summed E-state index contributed by atoms with van der Waals surface area (Å²) in [5, 5.41) is 15.5. The summed E-state index contributed by atoms with van der Waals surface area (Å²) < 4.78 is 2.20. The van der Waals surface area contributed by atoms with Gasteiger partial charge in [-0.15, -0.1) is 0 Å². The zero-order chi connectivity index (χ0) is 17.0. The number of rotatable bonds is 5. The molecule has 0 fully saturated rings. The summed E-state index contributed by atoms with van der Waals surface area (Å²) in [6.07, 6.45) is 0. The van der Waals surface area contributed by atoms with Gasteiger partial charge in [0.2, 0.25) is 0 Å². The minimum atomic E-state index is -0.596. The van der Waals surface area contributed by atoms with Gasteiger partial charge in [-0.25, -0.2) is 4.79 Å². The van der Waals surface area contributed by atoms with Crippen LogP contribution >= 0.6 is 0 Å². The summed E-state index contributed by atoms with van der Waals surface area (Å²) in [4.78, 5) is 24.0. The Balaban J connectivity index is 2.19. The Morgan fingerprint density at radius 2 is 1.83 bits per heavy atom. The molecule has 7 heteroatoms. The second-order valence-corrected chi connectivity index (χ2v) is 5.33. The molecule has 0 spiro atoms. The van der Waals surface area contributed by atoms with Crippen molar-refractivity contribution in [1.29, 1.82) is 5.26 Å². The maximum absolute atomic E-state index is 12.0. The molecular formula is C16H19N5O2. The van der Waals surface area contributed by atoms with Crippen molar-refractivity contribution in [1.82, 2.24) is 9.13 Å². The molecule has 0 bridgehead atoms. The van der Waals surface area contributed by atoms with Gasteiger partial charge in [-0.1, -0.05) is 18.2 Å². The Morgan fingerprint density at radius 1 is 1.17 bits per heavy atom. The number of hydrogen-bond acceptors (Lipinski definition) is 5. The van der Waals surface area contributed by atoms with Gasteiger partial charge in [0, 0.05) is 32.4 Å². The lowest BCUT2D eigenvalue weighted by atomic mass is 10.2. The summed E-state index contributed by atoms with van der Waals surface area (Å²) in [5.41, 5.74) is -0.163. The molecule has 2 rings (SSSR count). The summed E-state index contributed by atoms with van der Waals surface area (Å²) in [5.74, 6) is 0.238. The van der Waals surface area contributed by atoms with Crippen LogP contribution in [0.15, 0.2) is 39.9 Å². The van der Waals surface area contributed by atoms with Gasteiger partial charge in [0.25, 0.3) is 5.56 Å². The van der Waals surface area contributed by atoms with E-state index in [4.69, 9.17) is 0 Å². The molecule has 1 unspecified atom stereocenters. The Labute approximate surface area is 133 Å². The molecule has 1 heterocycles. The van der Waals surface area contributed by atoms with Crippen molar-refractivity contribution in [2.75, 3.05) is 17.2 Å². The van der Waals surface area contributed by atoms with Gasteiger partial charge in [0.05, 0.1) is 0 Å². The van der Waals surface area contributed by atoms with Crippen molar-refractivity contribution in [3.63, 3.8) is 0 Å². The summed E-state index contributed by atoms with van der Waals surface area (Å²) in [6, 6.07) is 11.6. The van der Waals surface area contributed by atoms with Gasteiger partial charge in [-0.05, 0) is 19.1 Å². The number of hydrogen-bond donors (Lipinski definition) is 2. The molecule has 1 aromatic carbocycles. The fourth-order valence-electron chi connectivity index (χ4n) is 2.27. The number of nitriles is 1. The van der Waals surface area contributed by atoms with Crippen molar-refractivity contribution in [2.24, 2.45) is 14.1 Å². The van der Waals surface area contributed by atoms with Crippen LogP contribution in [0.25, 0.3) is 0 Å². The Hall–Kier alpha value is -3.01. The number of para-hydroxylation sites is 1. The van der Waals surface area contributed by atoms with E-state index in [9.17, 15) is 14.9 Å². The maximum atomic E-state index is 12.0. The van der Waals surface area contributed by atoms with Crippen LogP contribution in [0.2, 0.25) is 0 Å². The molecule has 2 N–H and O–H groups in total. The standard InChI is InChI=1S/C16H19N5O2/c1-11(19-12-7-5-4-6-8-12)10-18-14-13(9-17)15(22)21(3)16(23)20(14)2/h4-8,11,18-19H,10H2,1-3H3. The van der Waals surface area contributed by atoms with Crippen molar-refractivity contribution < 1.29 is 0 Å². The van der Waals surface area contributed by atoms with E-state index >= 15 is 0 Å². The second-order valence-electron chi connectivity index (χ2n) is 5.33. The average molecular weight is 313 g/mol. The number of nitrogens with one attached hydrogen (secondary N) is 2. The molecule has 1 aromatic heterocycles. The Bertz CT molecular complexity index is 846. The third-order valence-electron chi connectivity index (χ3n) is 3.54. The third-order valence-corrected chi connectivity index (χ3v) is 3.54. The van der Waals surface area contributed by atoms with Gasteiger partial charge in [0.1, 0.15) is 11.9 Å². The van der Waals surface area contributed by atoms with E-state index in [2.05, 4.69) is 10.6 Å². The first-order valence-corrected chi connectivity index (χ1v) is 7.21. The number of anilines is 2. The quantitative estimate of drug-likeness (QED) is 0.854. The average Bonchev–Trinajstić information content (AvgIpc) is 2.56. The third kappa shape index (κ3) is 3.43. The molecule has 7 nitrogen and oxygen atoms in total. The van der Waals surface area contributed by atoms with E-state index in [-0.39, 0.29) is 17.4 Å². The molecule has 120 valence electrons. The van der Waals surface area contributed by atoms with Crippen molar-refractivity contribution in [2.45, 2.75) is 13.0 Å². The van der Waals surface area contributed by atoms with Crippen LogP contribution in [0.4, 0.5) is 11.5 Å². The minimum Gasteiger partial charge on any atom is -0.381 e. The van der Waals surface area contributed by atoms with E-state index in [1.165, 1.54) is 18.7 Å². The highest BCUT2D eigenvalue weighted by Gasteiger charge is 2.15. The molecule has 0 saturated heterocycles. The van der Waals surface area contributed by atoms with Crippen molar-refractivity contribution >= 4 is 11.5 Å². The molecule has 23 heavy (non-hydrogen) atoms. The second kappa shape index (κ2) is 6.83. The van der Waals surface area contributed by atoms with Gasteiger partial charge in [-0.3, -0.25) is 13.9 Å². The molecule has 1 atom stereocenters. The predicted octanol–water partition coefficient (Wildman–Crippen LogP) is 0.868. The largest absolute Gasteiger partial charge is 0.381 e. The lowest BCUT2D eigenvalue weighted by Gasteiger charge is -2.19. The van der Waals surface area contributed by atoms with Gasteiger partial charge < -0.3 is 10.6 Å². The molecule has 2 aromatic rings. The van der Waals surface area contributed by atoms with Crippen LogP contribution in [0.3, 0.4) is 0 Å². The van der Waals surface area contributed by atoms with E-state index in [1.54, 1.807) is 0 Å². The lowest BCUT2D eigenvalue weighted by Crippen LogP contribution is -2.40. The zero-order valence-corrected chi connectivity index (χ0v) is 13.3. The topological polar surface area (TPSA) is 91.8 Å². The van der Waals surface area contributed by atoms with Crippen LogP contribution in [0, 0.1) is 11.3 Å². The van der Waals surface area contributed by atoms with Gasteiger partial charge in [-0.2, -0.15) is 5.26 Å². The first-order chi connectivity index (χ1) is 11.0. The van der Waals surface area contributed by atoms with Crippen LogP contribution in [-0.4, -0.2) is 21.7 Å². The Morgan fingerprint density at radius 3 is 2.43 bits per heavy atom. The highest BCUT2D eigenvalue weighted by Crippen LogP contribution is 2.10. The van der Waals surface area contributed by atoms with Gasteiger partial charge >= 0.3 is 5.69 Å². The van der Waals surface area contributed by atoms with E-state index in [0.29, 0.717) is 6.54 Å². The number of benzene rings is 1. The minimum absolute atomic E-state index is 0.0307. The molecule has 0 saturated carbocycles. The maximum Gasteiger partial charge on any atom is 0.332 e. The van der Waals surface area contributed by atoms with E-state index in [0.717, 1.165) is 10.3 Å². The number of aromatic nitrogens is 2. The molecule has 0 aliphatic carbocycles. The molecule has 0 aliphatic heterocycles. The van der Waals surface area contributed by atoms with Crippen LogP contribution in [0.1, 0.15) is 12.5 Å². The molecule has 0 amide bonds. The predicted molar refractivity (Wildman–Crippen MR) is 89.7 cm³/mol. The van der Waals surface area contributed by atoms with Crippen molar-refractivity contribution in [3.8, 4) is 6.07 Å². The zero-order valence-electron chi connectivity index (χ0n) is 13.3. The smallest absolute Gasteiger partial charge is 0.332 e. The highest BCUT2D eigenvalue weighted by molar-refractivity contribution is 5.51. The summed E-state index contributed by atoms with van der Waals surface area (Å²) >= 11 is 0. The molecule has 0 radical (unpaired) electrons. The molecular weight excluding hydrogens is 294 g/mol. The van der Waals surface area contributed by atoms with E-state index in [1.807, 2.05) is 43.3 Å². The first kappa shape index (κ1) is 16.4. The van der Waals surface area contributed by atoms with Gasteiger partial charge in [0.15, 0.2) is 5.56 Å². The van der Waals surface area contributed by atoms with E-state index < -0.39 is 11.2 Å². The van der Waals surface area contributed by atoms with Crippen LogP contribution in [0.5, 0.6) is 0 Å². The highest BCUT2D eigenvalue weighted by atomic mass is 16.2. The monoisotopic (exact) mass is 313 g/mol. The SMILES string of the molecule is CC(CNc1c(C#N)c(=O)n(C)c(=O)n1C)Nc1ccccc1.